The molecule has 0 aromatic carbocycles. The third-order valence-corrected chi connectivity index (χ3v) is 3.76. The van der Waals surface area contributed by atoms with Crippen molar-refractivity contribution in [3.8, 4) is 0 Å². The van der Waals surface area contributed by atoms with Crippen molar-refractivity contribution >= 4 is 0 Å². The van der Waals surface area contributed by atoms with Crippen molar-refractivity contribution in [1.82, 2.24) is 0 Å². The van der Waals surface area contributed by atoms with Crippen LogP contribution in [-0.4, -0.2) is 11.2 Å². The van der Waals surface area contributed by atoms with E-state index < -0.39 is 0 Å². The highest BCUT2D eigenvalue weighted by Gasteiger charge is 2.03. The number of hydrogen-bond donors (Lipinski definition) is 1. The number of rotatable bonds is 12. The van der Waals surface area contributed by atoms with Crippen molar-refractivity contribution in [3.63, 3.8) is 0 Å². The van der Waals surface area contributed by atoms with Crippen molar-refractivity contribution in [2.45, 2.75) is 97.5 Å². The van der Waals surface area contributed by atoms with Gasteiger partial charge in [0.25, 0.3) is 0 Å². The summed E-state index contributed by atoms with van der Waals surface area (Å²) in [5.41, 5.74) is 0. The van der Waals surface area contributed by atoms with Gasteiger partial charge in [0.05, 0.1) is 6.10 Å². The van der Waals surface area contributed by atoms with Crippen molar-refractivity contribution in [3.05, 3.63) is 0 Å². The smallest absolute Gasteiger partial charge is 0.0537 e. The van der Waals surface area contributed by atoms with Crippen LogP contribution in [0.5, 0.6) is 0 Å². The fourth-order valence-corrected chi connectivity index (χ4v) is 2.32. The second kappa shape index (κ2) is 12.4. The highest BCUT2D eigenvalue weighted by molar-refractivity contribution is 4.57. The minimum Gasteiger partial charge on any atom is -0.393 e. The molecule has 0 amide bonds. The minimum atomic E-state index is -0.0542. The van der Waals surface area contributed by atoms with Gasteiger partial charge in [0.1, 0.15) is 0 Å². The van der Waals surface area contributed by atoms with E-state index in [0.29, 0.717) is 0 Å². The Morgan fingerprint density at radius 3 is 1.82 bits per heavy atom. The Kier molecular flexibility index (Phi) is 12.4. The molecule has 0 saturated carbocycles. The van der Waals surface area contributed by atoms with Crippen molar-refractivity contribution < 1.29 is 5.11 Å². The topological polar surface area (TPSA) is 20.2 Å². The van der Waals surface area contributed by atoms with Crippen LogP contribution in [0.3, 0.4) is 0 Å². The number of unbranched alkanes of at least 4 members (excludes halogenated alkanes) is 5. The molecule has 104 valence electrons. The fraction of sp³-hybridized carbons (Fsp3) is 1.00. The van der Waals surface area contributed by atoms with Gasteiger partial charge >= 0.3 is 0 Å². The van der Waals surface area contributed by atoms with Gasteiger partial charge in [-0.3, -0.25) is 0 Å². The third-order valence-electron chi connectivity index (χ3n) is 3.76. The predicted molar refractivity (Wildman–Crippen MR) is 77.3 cm³/mol. The van der Waals surface area contributed by atoms with E-state index in [-0.39, 0.29) is 6.10 Å². The summed E-state index contributed by atoms with van der Waals surface area (Å²) in [5, 5.41) is 9.43. The Morgan fingerprint density at radius 1 is 0.765 bits per heavy atom. The second-order valence-corrected chi connectivity index (χ2v) is 5.65. The summed E-state index contributed by atoms with van der Waals surface area (Å²) in [6.07, 6.45) is 14.1. The third kappa shape index (κ3) is 12.2. The van der Waals surface area contributed by atoms with Crippen LogP contribution in [0.4, 0.5) is 0 Å². The van der Waals surface area contributed by atoms with E-state index in [4.69, 9.17) is 0 Å². The van der Waals surface area contributed by atoms with Crippen LogP contribution in [0, 0.1) is 5.92 Å². The minimum absolute atomic E-state index is 0.0542. The quantitative estimate of drug-likeness (QED) is 0.460. The van der Waals surface area contributed by atoms with Gasteiger partial charge in [-0.1, -0.05) is 78.6 Å². The SMILES string of the molecule is CCCCCCC(C)CCCCCC(O)CC. The van der Waals surface area contributed by atoms with E-state index in [0.717, 1.165) is 18.8 Å². The number of aliphatic hydroxyl groups is 1. The van der Waals surface area contributed by atoms with Crippen molar-refractivity contribution in [2.24, 2.45) is 5.92 Å². The summed E-state index contributed by atoms with van der Waals surface area (Å²) in [6, 6.07) is 0. The monoisotopic (exact) mass is 242 g/mol. The molecule has 1 N–H and O–H groups in total. The van der Waals surface area contributed by atoms with Crippen LogP contribution in [0.1, 0.15) is 91.4 Å². The van der Waals surface area contributed by atoms with E-state index in [1.165, 1.54) is 57.8 Å². The van der Waals surface area contributed by atoms with Crippen molar-refractivity contribution in [1.29, 1.82) is 0 Å². The largest absolute Gasteiger partial charge is 0.393 e. The van der Waals surface area contributed by atoms with Gasteiger partial charge in [-0.2, -0.15) is 0 Å². The normalized spacial score (nSPS) is 14.8. The zero-order valence-corrected chi connectivity index (χ0v) is 12.4. The molecule has 0 fully saturated rings. The molecule has 0 heterocycles. The van der Waals surface area contributed by atoms with E-state index in [1.54, 1.807) is 0 Å². The molecule has 0 spiro atoms. The predicted octanol–water partition coefficient (Wildman–Crippen LogP) is 5.31. The molecule has 0 rings (SSSR count). The van der Waals surface area contributed by atoms with Crippen LogP contribution < -0.4 is 0 Å². The first-order valence-electron chi connectivity index (χ1n) is 7.88. The number of hydrogen-bond acceptors (Lipinski definition) is 1. The van der Waals surface area contributed by atoms with Gasteiger partial charge in [0.15, 0.2) is 0 Å². The van der Waals surface area contributed by atoms with Gasteiger partial charge in [-0.05, 0) is 18.8 Å². The molecule has 0 aliphatic heterocycles. The molecule has 1 nitrogen and oxygen atoms in total. The second-order valence-electron chi connectivity index (χ2n) is 5.65. The highest BCUT2D eigenvalue weighted by atomic mass is 16.3. The Hall–Kier alpha value is -0.0400. The first-order valence-corrected chi connectivity index (χ1v) is 7.88. The van der Waals surface area contributed by atoms with E-state index in [2.05, 4.69) is 20.8 Å². The molecule has 2 unspecified atom stereocenters. The summed E-state index contributed by atoms with van der Waals surface area (Å²) >= 11 is 0. The maximum atomic E-state index is 9.43. The Bertz CT molecular complexity index is 144. The zero-order valence-electron chi connectivity index (χ0n) is 12.4. The van der Waals surface area contributed by atoms with Gasteiger partial charge < -0.3 is 5.11 Å². The summed E-state index contributed by atoms with van der Waals surface area (Å²) in [7, 11) is 0. The lowest BCUT2D eigenvalue weighted by atomic mass is 9.96. The van der Waals surface area contributed by atoms with Gasteiger partial charge in [0, 0.05) is 0 Å². The molecule has 2 atom stereocenters. The molecule has 1 heteroatoms. The maximum Gasteiger partial charge on any atom is 0.0537 e. The highest BCUT2D eigenvalue weighted by Crippen LogP contribution is 2.17. The lowest BCUT2D eigenvalue weighted by Gasteiger charge is -2.11. The van der Waals surface area contributed by atoms with Gasteiger partial charge in [-0.15, -0.1) is 0 Å². The average Bonchev–Trinajstić information content (AvgIpc) is 2.34. The van der Waals surface area contributed by atoms with Crippen LogP contribution in [0.25, 0.3) is 0 Å². The first-order chi connectivity index (χ1) is 8.20. The molecule has 0 aliphatic carbocycles. The zero-order chi connectivity index (χ0) is 12.9. The summed E-state index contributed by atoms with van der Waals surface area (Å²) in [5.74, 6) is 0.906. The first kappa shape index (κ1) is 17.0. The Labute approximate surface area is 109 Å². The lowest BCUT2D eigenvalue weighted by Crippen LogP contribution is -2.03. The van der Waals surface area contributed by atoms with Gasteiger partial charge in [0.2, 0.25) is 0 Å². The molecule has 17 heavy (non-hydrogen) atoms. The van der Waals surface area contributed by atoms with Gasteiger partial charge in [-0.25, -0.2) is 0 Å². The molecule has 0 radical (unpaired) electrons. The van der Waals surface area contributed by atoms with Crippen LogP contribution >= 0.6 is 0 Å². The van der Waals surface area contributed by atoms with E-state index >= 15 is 0 Å². The molecular weight excluding hydrogens is 208 g/mol. The van der Waals surface area contributed by atoms with E-state index in [1.807, 2.05) is 0 Å². The Morgan fingerprint density at radius 2 is 1.29 bits per heavy atom. The standard InChI is InChI=1S/C16H34O/c1-4-6-7-9-12-15(3)13-10-8-11-14-16(17)5-2/h15-17H,4-14H2,1-3H3. The lowest BCUT2D eigenvalue weighted by molar-refractivity contribution is 0.156. The van der Waals surface area contributed by atoms with Crippen molar-refractivity contribution in [2.75, 3.05) is 0 Å². The van der Waals surface area contributed by atoms with Crippen LogP contribution in [0.2, 0.25) is 0 Å². The molecule has 0 aromatic rings. The van der Waals surface area contributed by atoms with Crippen LogP contribution in [-0.2, 0) is 0 Å². The molecule has 0 saturated heterocycles. The number of aliphatic hydroxyl groups excluding tert-OH is 1. The molecule has 0 bridgehead atoms. The van der Waals surface area contributed by atoms with E-state index in [9.17, 15) is 5.11 Å². The summed E-state index contributed by atoms with van der Waals surface area (Å²) in [6.45, 7) is 6.73. The summed E-state index contributed by atoms with van der Waals surface area (Å²) < 4.78 is 0. The molecule has 0 aromatic heterocycles. The average molecular weight is 242 g/mol. The fourth-order valence-electron chi connectivity index (χ4n) is 2.32. The Balaban J connectivity index is 3.18. The molecular formula is C16H34O. The summed E-state index contributed by atoms with van der Waals surface area (Å²) in [4.78, 5) is 0. The molecule has 0 aliphatic rings. The maximum absolute atomic E-state index is 9.43. The van der Waals surface area contributed by atoms with Crippen LogP contribution in [0.15, 0.2) is 0 Å².